The fraction of sp³-hybridized carbons (Fsp3) is 0.600. The minimum Gasteiger partial charge on any atom is -0.481 e. The number of urea groups is 1. The molecule has 1 heterocycles. The molecule has 2 amide bonds. The van der Waals surface area contributed by atoms with Gasteiger partial charge >= 0.3 is 12.0 Å². The summed E-state index contributed by atoms with van der Waals surface area (Å²) in [4.78, 5) is 24.0. The Balaban J connectivity index is 1.64. The summed E-state index contributed by atoms with van der Waals surface area (Å²) in [6, 6.07) is 2.04. The second-order valence-electron chi connectivity index (χ2n) is 5.56. The molecule has 116 valence electrons. The summed E-state index contributed by atoms with van der Waals surface area (Å²) in [6.07, 6.45) is 3.63. The van der Waals surface area contributed by atoms with E-state index in [9.17, 15) is 9.59 Å². The predicted octanol–water partition coefficient (Wildman–Crippen LogP) is 2.54. The van der Waals surface area contributed by atoms with E-state index in [1.165, 1.54) is 10.4 Å². The van der Waals surface area contributed by atoms with E-state index >= 15 is 0 Å². The lowest BCUT2D eigenvalue weighted by Crippen LogP contribution is -2.44. The highest BCUT2D eigenvalue weighted by atomic mass is 32.1. The van der Waals surface area contributed by atoms with Gasteiger partial charge in [0.1, 0.15) is 0 Å². The summed E-state index contributed by atoms with van der Waals surface area (Å²) in [5.74, 6) is -0.961. The molecule has 2 rings (SSSR count). The molecule has 0 aromatic carbocycles. The Bertz CT molecular complexity index is 493. The first-order valence-electron chi connectivity index (χ1n) is 7.36. The lowest BCUT2D eigenvalue weighted by Gasteiger charge is -2.26. The van der Waals surface area contributed by atoms with Crippen molar-refractivity contribution in [3.05, 3.63) is 21.9 Å². The third kappa shape index (κ3) is 4.74. The van der Waals surface area contributed by atoms with Crippen LogP contribution in [-0.4, -0.2) is 29.7 Å². The van der Waals surface area contributed by atoms with Gasteiger partial charge in [0, 0.05) is 17.5 Å². The molecule has 0 saturated heterocycles. The molecular formula is C15H22N2O3S. The largest absolute Gasteiger partial charge is 0.481 e. The van der Waals surface area contributed by atoms with E-state index in [0.29, 0.717) is 19.4 Å². The Hall–Kier alpha value is -1.56. The van der Waals surface area contributed by atoms with Crippen molar-refractivity contribution in [2.45, 2.75) is 45.1 Å². The van der Waals surface area contributed by atoms with Crippen LogP contribution >= 0.6 is 11.3 Å². The number of aryl methyl sites for hydroxylation is 1. The van der Waals surface area contributed by atoms with Crippen molar-refractivity contribution < 1.29 is 14.7 Å². The molecule has 5 nitrogen and oxygen atoms in total. The zero-order valence-electron chi connectivity index (χ0n) is 12.2. The smallest absolute Gasteiger partial charge is 0.315 e. The molecule has 0 atom stereocenters. The molecule has 1 saturated carbocycles. The maximum atomic E-state index is 11.8. The zero-order chi connectivity index (χ0) is 15.2. The van der Waals surface area contributed by atoms with E-state index in [0.717, 1.165) is 19.3 Å². The lowest BCUT2D eigenvalue weighted by atomic mass is 9.86. The molecule has 1 aromatic heterocycles. The van der Waals surface area contributed by atoms with Crippen LogP contribution in [0.4, 0.5) is 4.79 Å². The van der Waals surface area contributed by atoms with Gasteiger partial charge in [-0.05, 0) is 56.0 Å². The first-order valence-corrected chi connectivity index (χ1v) is 8.24. The Morgan fingerprint density at radius 3 is 2.62 bits per heavy atom. The van der Waals surface area contributed by atoms with E-state index in [4.69, 9.17) is 5.11 Å². The molecule has 1 aliphatic carbocycles. The highest BCUT2D eigenvalue weighted by Crippen LogP contribution is 2.24. The molecule has 1 aromatic rings. The number of thiophene rings is 1. The Morgan fingerprint density at radius 2 is 2.05 bits per heavy atom. The minimum atomic E-state index is -0.718. The van der Waals surface area contributed by atoms with Crippen molar-refractivity contribution in [2.24, 2.45) is 5.92 Å². The van der Waals surface area contributed by atoms with Crippen LogP contribution < -0.4 is 10.6 Å². The van der Waals surface area contributed by atoms with Gasteiger partial charge in [-0.15, -0.1) is 11.3 Å². The van der Waals surface area contributed by atoms with Gasteiger partial charge < -0.3 is 15.7 Å². The maximum Gasteiger partial charge on any atom is 0.315 e. The number of hydrogen-bond donors (Lipinski definition) is 3. The average Bonchev–Trinajstić information content (AvgIpc) is 2.85. The van der Waals surface area contributed by atoms with E-state index in [-0.39, 0.29) is 18.0 Å². The number of carbonyl (C=O) groups excluding carboxylic acids is 1. The molecule has 1 fully saturated rings. The highest BCUT2D eigenvalue weighted by molar-refractivity contribution is 7.10. The minimum absolute atomic E-state index is 0.101. The summed E-state index contributed by atoms with van der Waals surface area (Å²) >= 11 is 1.71. The first-order chi connectivity index (χ1) is 10.1. The molecule has 1 aliphatic rings. The number of amides is 2. The van der Waals surface area contributed by atoms with Crippen LogP contribution in [0.2, 0.25) is 0 Å². The molecule has 0 aliphatic heterocycles. The SMILES string of the molecule is Cc1ccsc1CCNC(=O)NC1CCC(C(=O)O)CC1. The van der Waals surface area contributed by atoms with Gasteiger partial charge in [0.05, 0.1) is 5.92 Å². The van der Waals surface area contributed by atoms with Crippen molar-refractivity contribution in [1.29, 1.82) is 0 Å². The van der Waals surface area contributed by atoms with E-state index < -0.39 is 5.97 Å². The third-order valence-corrected chi connectivity index (χ3v) is 5.10. The van der Waals surface area contributed by atoms with Crippen molar-refractivity contribution in [1.82, 2.24) is 10.6 Å². The summed E-state index contributed by atoms with van der Waals surface area (Å²) in [5.41, 5.74) is 1.27. The number of hydrogen-bond acceptors (Lipinski definition) is 3. The standard InChI is InChI=1S/C15H22N2O3S/c1-10-7-9-21-13(10)6-8-16-15(20)17-12-4-2-11(3-5-12)14(18)19/h7,9,11-12H,2-6,8H2,1H3,(H,18,19)(H2,16,17,20). The third-order valence-electron chi connectivity index (χ3n) is 4.02. The number of aliphatic carboxylic acids is 1. The van der Waals surface area contributed by atoms with Crippen LogP contribution in [0.3, 0.4) is 0 Å². The van der Waals surface area contributed by atoms with Crippen molar-refractivity contribution >= 4 is 23.3 Å². The van der Waals surface area contributed by atoms with Gasteiger partial charge in [0.2, 0.25) is 0 Å². The molecule has 6 heteroatoms. The summed E-state index contributed by atoms with van der Waals surface area (Å²) in [5, 5.41) is 16.8. The number of nitrogens with one attached hydrogen (secondary N) is 2. The van der Waals surface area contributed by atoms with Crippen LogP contribution in [-0.2, 0) is 11.2 Å². The Kier molecular flexibility index (Phi) is 5.61. The van der Waals surface area contributed by atoms with Gasteiger partial charge in [-0.2, -0.15) is 0 Å². The number of carboxylic acid groups (broad SMARTS) is 1. The summed E-state index contributed by atoms with van der Waals surface area (Å²) in [7, 11) is 0. The zero-order valence-corrected chi connectivity index (χ0v) is 13.0. The Morgan fingerprint density at radius 1 is 1.33 bits per heavy atom. The molecule has 0 radical (unpaired) electrons. The quantitative estimate of drug-likeness (QED) is 0.782. The van der Waals surface area contributed by atoms with Gasteiger partial charge in [-0.1, -0.05) is 0 Å². The maximum absolute atomic E-state index is 11.8. The molecule has 0 spiro atoms. The fourth-order valence-electron chi connectivity index (χ4n) is 2.67. The normalized spacial score (nSPS) is 21.8. The lowest BCUT2D eigenvalue weighted by molar-refractivity contribution is -0.142. The Labute approximate surface area is 128 Å². The van der Waals surface area contributed by atoms with E-state index in [2.05, 4.69) is 29.0 Å². The molecule has 0 bridgehead atoms. The highest BCUT2D eigenvalue weighted by Gasteiger charge is 2.26. The molecule has 3 N–H and O–H groups in total. The van der Waals surface area contributed by atoms with Crippen molar-refractivity contribution in [3.8, 4) is 0 Å². The van der Waals surface area contributed by atoms with Crippen LogP contribution in [0.1, 0.15) is 36.1 Å². The van der Waals surface area contributed by atoms with Crippen LogP contribution in [0, 0.1) is 12.8 Å². The van der Waals surface area contributed by atoms with Gasteiger partial charge in [-0.3, -0.25) is 4.79 Å². The second-order valence-corrected chi connectivity index (χ2v) is 6.56. The molecule has 21 heavy (non-hydrogen) atoms. The topological polar surface area (TPSA) is 78.4 Å². The number of carbonyl (C=O) groups is 2. The van der Waals surface area contributed by atoms with Gasteiger partial charge in [0.15, 0.2) is 0 Å². The predicted molar refractivity (Wildman–Crippen MR) is 82.7 cm³/mol. The fourth-order valence-corrected chi connectivity index (χ4v) is 3.58. The van der Waals surface area contributed by atoms with Crippen LogP contribution in [0.25, 0.3) is 0 Å². The summed E-state index contributed by atoms with van der Waals surface area (Å²) < 4.78 is 0. The van der Waals surface area contributed by atoms with Gasteiger partial charge in [-0.25, -0.2) is 4.79 Å². The number of rotatable bonds is 5. The average molecular weight is 310 g/mol. The number of carboxylic acids is 1. The van der Waals surface area contributed by atoms with Crippen molar-refractivity contribution in [3.63, 3.8) is 0 Å². The molecular weight excluding hydrogens is 288 g/mol. The second kappa shape index (κ2) is 7.45. The van der Waals surface area contributed by atoms with Gasteiger partial charge in [0.25, 0.3) is 0 Å². The molecule has 0 unspecified atom stereocenters. The van der Waals surface area contributed by atoms with Crippen LogP contribution in [0.15, 0.2) is 11.4 Å². The summed E-state index contributed by atoms with van der Waals surface area (Å²) in [6.45, 7) is 2.70. The van der Waals surface area contributed by atoms with Crippen molar-refractivity contribution in [2.75, 3.05) is 6.54 Å². The first kappa shape index (κ1) is 15.8. The van der Waals surface area contributed by atoms with E-state index in [1.54, 1.807) is 11.3 Å². The monoisotopic (exact) mass is 310 g/mol. The van der Waals surface area contributed by atoms with Crippen LogP contribution in [0.5, 0.6) is 0 Å². The van der Waals surface area contributed by atoms with E-state index in [1.807, 2.05) is 0 Å².